The van der Waals surface area contributed by atoms with Gasteiger partial charge in [0.25, 0.3) is 0 Å². The summed E-state index contributed by atoms with van der Waals surface area (Å²) in [6.07, 6.45) is 2.59. The summed E-state index contributed by atoms with van der Waals surface area (Å²) in [4.78, 5) is 12.4. The Kier molecular flexibility index (Phi) is 2.83. The van der Waals surface area contributed by atoms with Crippen LogP contribution in [0, 0.1) is 11.3 Å². The lowest BCUT2D eigenvalue weighted by molar-refractivity contribution is 0.0138. The SMILES string of the molecule is CC1CC(C)(C)CC12CC(=O)c1ccc(Br)cc1O2. The molecule has 3 rings (SSSR count). The van der Waals surface area contributed by atoms with Crippen LogP contribution < -0.4 is 4.74 Å². The number of carbonyl (C=O) groups excluding carboxylic acids is 1. The van der Waals surface area contributed by atoms with Gasteiger partial charge in [-0.05, 0) is 42.4 Å². The molecule has 19 heavy (non-hydrogen) atoms. The molecule has 1 heterocycles. The molecule has 1 aliphatic heterocycles. The van der Waals surface area contributed by atoms with Gasteiger partial charge in [0.1, 0.15) is 11.4 Å². The smallest absolute Gasteiger partial charge is 0.170 e. The molecule has 0 bridgehead atoms. The standard InChI is InChI=1S/C16H19BrO2/c1-10-7-15(2,3)9-16(10)8-13(18)12-5-4-11(17)6-14(12)19-16/h4-6,10H,7-9H2,1-3H3. The highest BCUT2D eigenvalue weighted by Crippen LogP contribution is 2.53. The first-order chi connectivity index (χ1) is 8.81. The number of fused-ring (bicyclic) bond motifs is 1. The average molecular weight is 323 g/mol. The molecule has 1 aromatic carbocycles. The Bertz CT molecular complexity index is 550. The minimum absolute atomic E-state index is 0.221. The number of hydrogen-bond acceptors (Lipinski definition) is 2. The van der Waals surface area contributed by atoms with Crippen molar-refractivity contribution in [2.75, 3.05) is 0 Å². The number of hydrogen-bond donors (Lipinski definition) is 0. The number of benzene rings is 1. The van der Waals surface area contributed by atoms with Crippen molar-refractivity contribution >= 4 is 21.7 Å². The lowest BCUT2D eigenvalue weighted by atomic mass is 9.82. The van der Waals surface area contributed by atoms with Crippen LogP contribution in [-0.2, 0) is 0 Å². The summed E-state index contributed by atoms with van der Waals surface area (Å²) in [6.45, 7) is 6.75. The second-order valence-electron chi connectivity index (χ2n) is 6.85. The predicted octanol–water partition coefficient (Wildman–Crippen LogP) is 4.61. The maximum atomic E-state index is 12.4. The second-order valence-corrected chi connectivity index (χ2v) is 7.77. The number of Topliss-reactive ketones (excluding diaryl/α,β-unsaturated/α-hetero) is 1. The molecule has 102 valence electrons. The lowest BCUT2D eigenvalue weighted by Crippen LogP contribution is -2.44. The van der Waals surface area contributed by atoms with Crippen molar-refractivity contribution in [2.45, 2.75) is 45.6 Å². The highest BCUT2D eigenvalue weighted by atomic mass is 79.9. The molecule has 2 atom stereocenters. The zero-order valence-corrected chi connectivity index (χ0v) is 13.2. The number of ether oxygens (including phenoxy) is 1. The summed E-state index contributed by atoms with van der Waals surface area (Å²) >= 11 is 3.45. The Morgan fingerprint density at radius 3 is 2.74 bits per heavy atom. The van der Waals surface area contributed by atoms with Crippen molar-refractivity contribution in [1.29, 1.82) is 0 Å². The summed E-state index contributed by atoms with van der Waals surface area (Å²) in [5.74, 6) is 1.38. The van der Waals surface area contributed by atoms with Gasteiger partial charge in [-0.1, -0.05) is 36.7 Å². The van der Waals surface area contributed by atoms with Gasteiger partial charge in [-0.25, -0.2) is 0 Å². The monoisotopic (exact) mass is 322 g/mol. The first-order valence-corrected chi connectivity index (χ1v) is 7.62. The number of rotatable bonds is 0. The molecule has 2 aliphatic rings. The maximum absolute atomic E-state index is 12.4. The van der Waals surface area contributed by atoms with E-state index in [1.54, 1.807) is 0 Å². The second kappa shape index (κ2) is 4.08. The molecular weight excluding hydrogens is 304 g/mol. The summed E-state index contributed by atoms with van der Waals surface area (Å²) in [5, 5.41) is 0. The normalized spacial score (nSPS) is 32.2. The fraction of sp³-hybridized carbons (Fsp3) is 0.562. The molecule has 1 fully saturated rings. The van der Waals surface area contributed by atoms with Crippen molar-refractivity contribution in [3.05, 3.63) is 28.2 Å². The van der Waals surface area contributed by atoms with Crippen LogP contribution in [0.5, 0.6) is 5.75 Å². The number of halogens is 1. The molecule has 1 saturated carbocycles. The third-order valence-electron chi connectivity index (χ3n) is 4.55. The van der Waals surface area contributed by atoms with Crippen LogP contribution in [0.1, 0.15) is 50.4 Å². The minimum atomic E-state index is -0.297. The number of ketones is 1. The third-order valence-corrected chi connectivity index (χ3v) is 5.04. The fourth-order valence-electron chi connectivity index (χ4n) is 3.88. The summed E-state index contributed by atoms with van der Waals surface area (Å²) in [6, 6.07) is 5.69. The van der Waals surface area contributed by atoms with Crippen LogP contribution in [0.25, 0.3) is 0 Å². The molecule has 2 nitrogen and oxygen atoms in total. The summed E-state index contributed by atoms with van der Waals surface area (Å²) in [7, 11) is 0. The fourth-order valence-corrected chi connectivity index (χ4v) is 4.22. The van der Waals surface area contributed by atoms with E-state index in [-0.39, 0.29) is 16.8 Å². The first-order valence-electron chi connectivity index (χ1n) is 6.83. The van der Waals surface area contributed by atoms with E-state index >= 15 is 0 Å². The third kappa shape index (κ3) is 2.12. The molecule has 3 heteroatoms. The summed E-state index contributed by atoms with van der Waals surface area (Å²) < 4.78 is 7.29. The van der Waals surface area contributed by atoms with Gasteiger partial charge in [-0.3, -0.25) is 4.79 Å². The Labute approximate surface area is 122 Å². The summed E-state index contributed by atoms with van der Waals surface area (Å²) in [5.41, 5.74) is 0.683. The number of carbonyl (C=O) groups is 1. The first kappa shape index (κ1) is 13.2. The van der Waals surface area contributed by atoms with Crippen LogP contribution in [-0.4, -0.2) is 11.4 Å². The maximum Gasteiger partial charge on any atom is 0.170 e. The zero-order valence-electron chi connectivity index (χ0n) is 11.6. The molecule has 0 amide bonds. The van der Waals surface area contributed by atoms with Gasteiger partial charge in [-0.15, -0.1) is 0 Å². The van der Waals surface area contributed by atoms with Gasteiger partial charge < -0.3 is 4.74 Å². The van der Waals surface area contributed by atoms with E-state index in [9.17, 15) is 4.79 Å². The van der Waals surface area contributed by atoms with E-state index in [0.29, 0.717) is 12.3 Å². The van der Waals surface area contributed by atoms with E-state index in [1.165, 1.54) is 0 Å². The van der Waals surface area contributed by atoms with Crippen LogP contribution >= 0.6 is 15.9 Å². The van der Waals surface area contributed by atoms with Crippen LogP contribution in [0.4, 0.5) is 0 Å². The van der Waals surface area contributed by atoms with Gasteiger partial charge in [-0.2, -0.15) is 0 Å². The molecule has 0 radical (unpaired) electrons. The molecule has 1 aliphatic carbocycles. The average Bonchev–Trinajstić information content (AvgIpc) is 2.46. The Balaban J connectivity index is 2.03. The molecule has 1 spiro atoms. The van der Waals surface area contributed by atoms with Crippen molar-refractivity contribution in [1.82, 2.24) is 0 Å². The van der Waals surface area contributed by atoms with Gasteiger partial charge >= 0.3 is 0 Å². The van der Waals surface area contributed by atoms with E-state index < -0.39 is 0 Å². The molecule has 0 aromatic heterocycles. The Morgan fingerprint density at radius 2 is 2.11 bits per heavy atom. The zero-order chi connectivity index (χ0) is 13.8. The highest BCUT2D eigenvalue weighted by Gasteiger charge is 2.53. The van der Waals surface area contributed by atoms with Crippen molar-refractivity contribution in [3.8, 4) is 5.75 Å². The topological polar surface area (TPSA) is 26.3 Å². The minimum Gasteiger partial charge on any atom is -0.486 e. The molecule has 0 saturated heterocycles. The highest BCUT2D eigenvalue weighted by molar-refractivity contribution is 9.10. The van der Waals surface area contributed by atoms with Crippen molar-refractivity contribution < 1.29 is 9.53 Å². The van der Waals surface area contributed by atoms with Crippen molar-refractivity contribution in [2.24, 2.45) is 11.3 Å². The van der Waals surface area contributed by atoms with E-state index in [2.05, 4.69) is 36.7 Å². The van der Waals surface area contributed by atoms with Gasteiger partial charge in [0.05, 0.1) is 12.0 Å². The Morgan fingerprint density at radius 1 is 1.37 bits per heavy atom. The van der Waals surface area contributed by atoms with E-state index in [4.69, 9.17) is 4.74 Å². The van der Waals surface area contributed by atoms with Crippen LogP contribution in [0.2, 0.25) is 0 Å². The predicted molar refractivity (Wildman–Crippen MR) is 78.6 cm³/mol. The lowest BCUT2D eigenvalue weighted by Gasteiger charge is -2.38. The quantitative estimate of drug-likeness (QED) is 0.697. The van der Waals surface area contributed by atoms with Crippen LogP contribution in [0.3, 0.4) is 0 Å². The molecule has 2 unspecified atom stereocenters. The largest absolute Gasteiger partial charge is 0.486 e. The van der Waals surface area contributed by atoms with Gasteiger partial charge in [0.15, 0.2) is 5.78 Å². The van der Waals surface area contributed by atoms with Crippen LogP contribution in [0.15, 0.2) is 22.7 Å². The van der Waals surface area contributed by atoms with E-state index in [0.717, 1.165) is 28.6 Å². The molecular formula is C16H19BrO2. The Hall–Kier alpha value is -0.830. The molecule has 1 aromatic rings. The van der Waals surface area contributed by atoms with Gasteiger partial charge in [0.2, 0.25) is 0 Å². The van der Waals surface area contributed by atoms with Crippen molar-refractivity contribution in [3.63, 3.8) is 0 Å². The van der Waals surface area contributed by atoms with E-state index in [1.807, 2.05) is 18.2 Å². The molecule has 0 N–H and O–H groups in total. The van der Waals surface area contributed by atoms with Gasteiger partial charge in [0, 0.05) is 4.47 Å².